The van der Waals surface area contributed by atoms with Gasteiger partial charge in [0.2, 0.25) is 5.91 Å². The van der Waals surface area contributed by atoms with Gasteiger partial charge >= 0.3 is 0 Å². The Labute approximate surface area is 159 Å². The van der Waals surface area contributed by atoms with Crippen LogP contribution in [0.4, 0.5) is 0 Å². The second-order valence-corrected chi connectivity index (χ2v) is 7.61. The first kappa shape index (κ1) is 20.0. The molecule has 1 aromatic heterocycles. The molecule has 140 valence electrons. The lowest BCUT2D eigenvalue weighted by atomic mass is 10.2. The molecule has 1 heterocycles. The number of rotatable bonds is 9. The second kappa shape index (κ2) is 9.43. The summed E-state index contributed by atoms with van der Waals surface area (Å²) in [4.78, 5) is 12.3. The molecule has 6 nitrogen and oxygen atoms in total. The van der Waals surface area contributed by atoms with Crippen LogP contribution in [0.5, 0.6) is 5.75 Å². The van der Waals surface area contributed by atoms with E-state index in [9.17, 15) is 4.79 Å². The van der Waals surface area contributed by atoms with Crippen LogP contribution in [0.15, 0.2) is 42.1 Å². The summed E-state index contributed by atoms with van der Waals surface area (Å²) in [6, 6.07) is 7.67. The number of hydrogen-bond donors (Lipinski definition) is 1. The maximum Gasteiger partial charge on any atom is 0.233 e. The monoisotopic (exact) mass is 374 g/mol. The minimum atomic E-state index is -0.271. The number of ether oxygens (including phenoxy) is 1. The quantitative estimate of drug-likeness (QED) is 0.538. The number of amides is 1. The molecule has 0 aliphatic heterocycles. The number of hydrogen-bond acceptors (Lipinski definition) is 5. The highest BCUT2D eigenvalue weighted by atomic mass is 32.2. The van der Waals surface area contributed by atoms with E-state index >= 15 is 0 Å². The van der Waals surface area contributed by atoms with Gasteiger partial charge in [-0.2, -0.15) is 0 Å². The molecule has 0 fully saturated rings. The Morgan fingerprint density at radius 1 is 1.35 bits per heavy atom. The Hall–Kier alpha value is -2.28. The molecule has 0 radical (unpaired) electrons. The zero-order valence-corrected chi connectivity index (χ0v) is 16.5. The van der Waals surface area contributed by atoms with E-state index < -0.39 is 0 Å². The van der Waals surface area contributed by atoms with Crippen molar-refractivity contribution in [3.63, 3.8) is 0 Å². The highest BCUT2D eigenvalue weighted by Gasteiger charge is 2.21. The topological polar surface area (TPSA) is 69.0 Å². The number of para-hydroxylation sites is 1. The average molecular weight is 375 g/mol. The molecule has 1 N–H and O–H groups in total. The predicted molar refractivity (Wildman–Crippen MR) is 105 cm³/mol. The van der Waals surface area contributed by atoms with Crippen LogP contribution in [0.1, 0.15) is 20.8 Å². The lowest BCUT2D eigenvalue weighted by Crippen LogP contribution is -2.33. The van der Waals surface area contributed by atoms with Crippen molar-refractivity contribution < 1.29 is 9.53 Å². The van der Waals surface area contributed by atoms with Gasteiger partial charge < -0.3 is 10.1 Å². The Kier molecular flexibility index (Phi) is 7.26. The lowest BCUT2D eigenvalue weighted by Gasteiger charge is -2.14. The molecule has 2 rings (SSSR count). The number of benzene rings is 1. The summed E-state index contributed by atoms with van der Waals surface area (Å²) in [5, 5.41) is 12.0. The highest BCUT2D eigenvalue weighted by molar-refractivity contribution is 8.00. The van der Waals surface area contributed by atoms with Crippen LogP contribution < -0.4 is 10.1 Å². The first-order valence-electron chi connectivity index (χ1n) is 8.59. The van der Waals surface area contributed by atoms with E-state index in [0.717, 1.165) is 11.3 Å². The van der Waals surface area contributed by atoms with Gasteiger partial charge in [0.25, 0.3) is 0 Å². The van der Waals surface area contributed by atoms with Crippen molar-refractivity contribution >= 4 is 17.7 Å². The molecule has 1 atom stereocenters. The molecule has 0 saturated carbocycles. The van der Waals surface area contributed by atoms with Crippen LogP contribution >= 0.6 is 11.8 Å². The van der Waals surface area contributed by atoms with Crippen LogP contribution in [-0.2, 0) is 11.3 Å². The molecule has 0 aliphatic carbocycles. The van der Waals surface area contributed by atoms with Crippen LogP contribution in [0, 0.1) is 5.92 Å². The van der Waals surface area contributed by atoms with E-state index in [1.165, 1.54) is 11.8 Å². The van der Waals surface area contributed by atoms with E-state index in [4.69, 9.17) is 4.74 Å². The van der Waals surface area contributed by atoms with Crippen LogP contribution in [0.25, 0.3) is 11.4 Å². The maximum atomic E-state index is 12.3. The minimum Gasteiger partial charge on any atom is -0.496 e. The average Bonchev–Trinajstić information content (AvgIpc) is 3.02. The first-order valence-corrected chi connectivity index (χ1v) is 9.47. The zero-order valence-electron chi connectivity index (χ0n) is 15.7. The molecule has 1 aromatic carbocycles. The number of carbonyl (C=O) groups excluding carboxylic acids is 1. The molecular formula is C19H26N4O2S. The van der Waals surface area contributed by atoms with Crippen LogP contribution in [-0.4, -0.2) is 39.6 Å². The van der Waals surface area contributed by atoms with Gasteiger partial charge in [0.15, 0.2) is 11.0 Å². The predicted octanol–water partition coefficient (Wildman–Crippen LogP) is 3.39. The Bertz CT molecular complexity index is 758. The molecule has 1 amide bonds. The molecule has 7 heteroatoms. The fourth-order valence-corrected chi connectivity index (χ4v) is 3.24. The van der Waals surface area contributed by atoms with Crippen molar-refractivity contribution in [1.82, 2.24) is 20.1 Å². The SMILES string of the molecule is C=CCn1c(S[C@@H](C)C(=O)NCC(C)C)nnc1-c1ccccc1OC. The standard InChI is InChI=1S/C19H26N4O2S/c1-6-11-23-17(15-9-7-8-10-16(15)25-5)21-22-19(23)26-14(4)18(24)20-12-13(2)3/h6-10,13-14H,1,11-12H2,2-5H3,(H,20,24)/t14-/m0/s1. The van der Waals surface area contributed by atoms with Crippen molar-refractivity contribution in [2.24, 2.45) is 5.92 Å². The van der Waals surface area contributed by atoms with Gasteiger partial charge in [-0.3, -0.25) is 9.36 Å². The third-order valence-electron chi connectivity index (χ3n) is 3.71. The molecule has 0 unspecified atom stereocenters. The van der Waals surface area contributed by atoms with Crippen molar-refractivity contribution in [1.29, 1.82) is 0 Å². The number of carbonyl (C=O) groups is 1. The number of nitrogens with one attached hydrogen (secondary N) is 1. The summed E-state index contributed by atoms with van der Waals surface area (Å²) in [7, 11) is 1.63. The normalized spacial score (nSPS) is 12.0. The third-order valence-corrected chi connectivity index (χ3v) is 4.79. The number of aromatic nitrogens is 3. The summed E-state index contributed by atoms with van der Waals surface area (Å²) in [6.07, 6.45) is 1.79. The van der Waals surface area contributed by atoms with E-state index in [-0.39, 0.29) is 11.2 Å². The summed E-state index contributed by atoms with van der Waals surface area (Å²) in [5.41, 5.74) is 0.855. The van der Waals surface area contributed by atoms with Gasteiger partial charge in [-0.1, -0.05) is 43.8 Å². The Balaban J connectivity index is 2.26. The Morgan fingerprint density at radius 2 is 2.08 bits per heavy atom. The van der Waals surface area contributed by atoms with Gasteiger partial charge in [0.1, 0.15) is 5.75 Å². The van der Waals surface area contributed by atoms with Crippen molar-refractivity contribution in [2.75, 3.05) is 13.7 Å². The van der Waals surface area contributed by atoms with Crippen molar-refractivity contribution in [2.45, 2.75) is 37.7 Å². The summed E-state index contributed by atoms with van der Waals surface area (Å²) < 4.78 is 7.38. The Morgan fingerprint density at radius 3 is 2.73 bits per heavy atom. The van der Waals surface area contributed by atoms with Gasteiger partial charge in [0, 0.05) is 13.1 Å². The smallest absolute Gasteiger partial charge is 0.233 e. The van der Waals surface area contributed by atoms with E-state index in [1.54, 1.807) is 13.2 Å². The van der Waals surface area contributed by atoms with Gasteiger partial charge in [0.05, 0.1) is 17.9 Å². The number of methoxy groups -OCH3 is 1. The molecule has 26 heavy (non-hydrogen) atoms. The van der Waals surface area contributed by atoms with Gasteiger partial charge in [-0.05, 0) is 25.0 Å². The summed E-state index contributed by atoms with van der Waals surface area (Å²) in [6.45, 7) is 11.0. The van der Waals surface area contributed by atoms with E-state index in [1.807, 2.05) is 35.8 Å². The molecule has 0 aliphatic rings. The molecular weight excluding hydrogens is 348 g/mol. The second-order valence-electron chi connectivity index (χ2n) is 6.30. The number of allylic oxidation sites excluding steroid dienone is 1. The number of thioether (sulfide) groups is 1. The van der Waals surface area contributed by atoms with Gasteiger partial charge in [-0.15, -0.1) is 16.8 Å². The third kappa shape index (κ3) is 4.88. The summed E-state index contributed by atoms with van der Waals surface area (Å²) in [5.74, 6) is 1.83. The van der Waals surface area contributed by atoms with Crippen LogP contribution in [0.2, 0.25) is 0 Å². The fraction of sp³-hybridized carbons (Fsp3) is 0.421. The lowest BCUT2D eigenvalue weighted by molar-refractivity contribution is -0.120. The van der Waals surface area contributed by atoms with E-state index in [0.29, 0.717) is 30.0 Å². The molecule has 0 saturated heterocycles. The fourth-order valence-electron chi connectivity index (χ4n) is 2.36. The van der Waals surface area contributed by atoms with Crippen molar-refractivity contribution in [3.8, 4) is 17.1 Å². The zero-order chi connectivity index (χ0) is 19.1. The van der Waals surface area contributed by atoms with E-state index in [2.05, 4.69) is 35.9 Å². The summed E-state index contributed by atoms with van der Waals surface area (Å²) >= 11 is 1.39. The molecule has 0 bridgehead atoms. The molecule has 2 aromatic rings. The minimum absolute atomic E-state index is 0.00399. The number of nitrogens with zero attached hydrogens (tertiary/aromatic N) is 3. The van der Waals surface area contributed by atoms with Crippen LogP contribution in [0.3, 0.4) is 0 Å². The maximum absolute atomic E-state index is 12.3. The molecule has 0 spiro atoms. The van der Waals surface area contributed by atoms with Gasteiger partial charge in [-0.25, -0.2) is 0 Å². The van der Waals surface area contributed by atoms with Crippen molar-refractivity contribution in [3.05, 3.63) is 36.9 Å². The largest absolute Gasteiger partial charge is 0.496 e. The first-order chi connectivity index (χ1) is 12.5. The highest BCUT2D eigenvalue weighted by Crippen LogP contribution is 2.32.